The van der Waals surface area contributed by atoms with Crippen molar-refractivity contribution < 1.29 is 14.3 Å². The first-order valence-electron chi connectivity index (χ1n) is 8.49. The van der Waals surface area contributed by atoms with Crippen LogP contribution in [0.2, 0.25) is 0 Å². The lowest BCUT2D eigenvalue weighted by molar-refractivity contribution is -0.142. The van der Waals surface area contributed by atoms with Crippen LogP contribution in [0.5, 0.6) is 5.75 Å². The highest BCUT2D eigenvalue weighted by Gasteiger charge is 2.30. The van der Waals surface area contributed by atoms with Gasteiger partial charge in [0.25, 0.3) is 0 Å². The summed E-state index contributed by atoms with van der Waals surface area (Å²) in [6.45, 7) is 5.79. The Morgan fingerprint density at radius 1 is 1.08 bits per heavy atom. The number of fused-ring (bicyclic) bond motifs is 1. The normalized spacial score (nSPS) is 15.0. The van der Waals surface area contributed by atoms with Crippen LogP contribution in [0.3, 0.4) is 0 Å². The van der Waals surface area contributed by atoms with Gasteiger partial charge in [0.15, 0.2) is 0 Å². The lowest BCUT2D eigenvalue weighted by Crippen LogP contribution is -2.50. The van der Waals surface area contributed by atoms with Gasteiger partial charge in [0.2, 0.25) is 0 Å². The van der Waals surface area contributed by atoms with Crippen LogP contribution >= 0.6 is 0 Å². The molecule has 0 amide bonds. The molecule has 5 heteroatoms. The second kappa shape index (κ2) is 7.47. The average Bonchev–Trinajstić information content (AvgIpc) is 2.59. The van der Waals surface area contributed by atoms with Crippen molar-refractivity contribution in [1.82, 2.24) is 0 Å². The fourth-order valence-corrected chi connectivity index (χ4v) is 3.00. The van der Waals surface area contributed by atoms with Crippen LogP contribution in [-0.2, 0) is 9.53 Å². The van der Waals surface area contributed by atoms with E-state index in [-0.39, 0.29) is 24.7 Å². The summed E-state index contributed by atoms with van der Waals surface area (Å²) in [6, 6.07) is 17.5. The zero-order chi connectivity index (χ0) is 17.7. The third kappa shape index (κ3) is 4.66. The molecule has 0 saturated heterocycles. The predicted molar refractivity (Wildman–Crippen MR) is 99.3 cm³/mol. The largest absolute Gasteiger partial charge is 0.490 e. The van der Waals surface area contributed by atoms with Crippen molar-refractivity contribution in [2.75, 3.05) is 36.5 Å². The maximum absolute atomic E-state index is 12.2. The molecule has 5 nitrogen and oxygen atoms in total. The van der Waals surface area contributed by atoms with E-state index < -0.39 is 0 Å². The number of ether oxygens (including phenoxy) is 2. The highest BCUT2D eigenvalue weighted by molar-refractivity contribution is 5.81. The molecule has 0 aliphatic carbocycles. The van der Waals surface area contributed by atoms with Gasteiger partial charge in [0, 0.05) is 12.1 Å². The number of anilines is 2. The van der Waals surface area contributed by atoms with Crippen LogP contribution in [0.4, 0.5) is 11.4 Å². The molecule has 0 fully saturated rings. The predicted octanol–water partition coefficient (Wildman–Crippen LogP) is 3.32. The first-order valence-corrected chi connectivity index (χ1v) is 8.49. The number of nitrogens with one attached hydrogen (secondary N) is 1. The fraction of sp³-hybridized carbons (Fsp3) is 0.350. The van der Waals surface area contributed by atoms with Crippen LogP contribution in [0.1, 0.15) is 13.8 Å². The lowest BCUT2D eigenvalue weighted by Gasteiger charge is -2.41. The Morgan fingerprint density at radius 2 is 1.80 bits per heavy atom. The van der Waals surface area contributed by atoms with Gasteiger partial charge in [-0.25, -0.2) is 0 Å². The molecule has 3 rings (SSSR count). The molecule has 0 aromatic heterocycles. The van der Waals surface area contributed by atoms with E-state index in [2.05, 4.69) is 24.1 Å². The standard InChI is InChI=1S/C20H24N2O3/c1-20(2)15-22(18-11-7-6-10-17(18)21-20)14-19(23)25-13-12-24-16-8-4-3-5-9-16/h3-11,21H,12-15H2,1-2H3. The van der Waals surface area contributed by atoms with Gasteiger partial charge in [0.05, 0.1) is 11.4 Å². The summed E-state index contributed by atoms with van der Waals surface area (Å²) in [6.07, 6.45) is 0. The van der Waals surface area contributed by atoms with Gasteiger partial charge in [-0.05, 0) is 38.1 Å². The van der Waals surface area contributed by atoms with Crippen molar-refractivity contribution in [3.63, 3.8) is 0 Å². The smallest absolute Gasteiger partial charge is 0.325 e. The molecule has 1 N–H and O–H groups in total. The number of rotatable bonds is 6. The second-order valence-electron chi connectivity index (χ2n) is 6.76. The molecule has 0 radical (unpaired) electrons. The van der Waals surface area contributed by atoms with Gasteiger partial charge in [-0.2, -0.15) is 0 Å². The number of esters is 1. The van der Waals surface area contributed by atoms with E-state index in [1.165, 1.54) is 0 Å². The van der Waals surface area contributed by atoms with Gasteiger partial charge in [0.1, 0.15) is 25.5 Å². The molecule has 1 aliphatic heterocycles. The maximum atomic E-state index is 12.2. The number of hydrogen-bond donors (Lipinski definition) is 1. The Kier molecular flexibility index (Phi) is 5.12. The van der Waals surface area contributed by atoms with Crippen molar-refractivity contribution in [1.29, 1.82) is 0 Å². The molecule has 1 heterocycles. The highest BCUT2D eigenvalue weighted by Crippen LogP contribution is 2.33. The minimum atomic E-state index is -0.246. The zero-order valence-corrected chi connectivity index (χ0v) is 14.7. The molecular formula is C20H24N2O3. The molecule has 0 bridgehead atoms. The number of para-hydroxylation sites is 3. The Morgan fingerprint density at radius 3 is 2.60 bits per heavy atom. The van der Waals surface area contributed by atoms with Crippen molar-refractivity contribution in [2.45, 2.75) is 19.4 Å². The molecule has 1 aliphatic rings. The summed E-state index contributed by atoms with van der Waals surface area (Å²) in [5, 5.41) is 3.50. The first-order chi connectivity index (χ1) is 12.0. The van der Waals surface area contributed by atoms with E-state index >= 15 is 0 Å². The molecule has 0 saturated carbocycles. The van der Waals surface area contributed by atoms with Crippen molar-refractivity contribution in [3.8, 4) is 5.75 Å². The maximum Gasteiger partial charge on any atom is 0.325 e. The number of carbonyl (C=O) groups excluding carboxylic acids is 1. The monoisotopic (exact) mass is 340 g/mol. The molecule has 0 atom stereocenters. The molecule has 132 valence electrons. The molecule has 25 heavy (non-hydrogen) atoms. The van der Waals surface area contributed by atoms with Gasteiger partial charge in [-0.3, -0.25) is 4.79 Å². The summed E-state index contributed by atoms with van der Waals surface area (Å²) >= 11 is 0. The van der Waals surface area contributed by atoms with Crippen LogP contribution in [-0.4, -0.2) is 37.8 Å². The van der Waals surface area contributed by atoms with Crippen LogP contribution in [0.15, 0.2) is 54.6 Å². The first kappa shape index (κ1) is 17.1. The number of nitrogens with zero attached hydrogens (tertiary/aromatic N) is 1. The minimum Gasteiger partial charge on any atom is -0.490 e. The Balaban J connectivity index is 1.51. The topological polar surface area (TPSA) is 50.8 Å². The summed E-state index contributed by atoms with van der Waals surface area (Å²) in [7, 11) is 0. The van der Waals surface area contributed by atoms with Crippen molar-refractivity contribution in [2.24, 2.45) is 0 Å². The Labute approximate surface area is 148 Å². The van der Waals surface area contributed by atoms with Gasteiger partial charge >= 0.3 is 5.97 Å². The van der Waals surface area contributed by atoms with Gasteiger partial charge in [-0.1, -0.05) is 30.3 Å². The molecule has 2 aromatic carbocycles. The third-order valence-electron chi connectivity index (χ3n) is 3.98. The number of benzene rings is 2. The summed E-state index contributed by atoms with van der Waals surface area (Å²) < 4.78 is 10.9. The lowest BCUT2D eigenvalue weighted by atomic mass is 9.99. The van der Waals surface area contributed by atoms with Gasteiger partial charge in [-0.15, -0.1) is 0 Å². The van der Waals surface area contributed by atoms with Crippen LogP contribution in [0, 0.1) is 0 Å². The second-order valence-corrected chi connectivity index (χ2v) is 6.76. The van der Waals surface area contributed by atoms with E-state index in [1.807, 2.05) is 54.6 Å². The van der Waals surface area contributed by atoms with Crippen molar-refractivity contribution >= 4 is 17.3 Å². The third-order valence-corrected chi connectivity index (χ3v) is 3.98. The van der Waals surface area contributed by atoms with Crippen molar-refractivity contribution in [3.05, 3.63) is 54.6 Å². The number of carbonyl (C=O) groups is 1. The molecule has 2 aromatic rings. The summed E-state index contributed by atoms with van der Waals surface area (Å²) in [5.41, 5.74) is 1.96. The summed E-state index contributed by atoms with van der Waals surface area (Å²) in [5.74, 6) is 0.528. The van der Waals surface area contributed by atoms with E-state index in [0.29, 0.717) is 6.61 Å². The minimum absolute atomic E-state index is 0.106. The Hall–Kier alpha value is -2.69. The molecule has 0 unspecified atom stereocenters. The molecule has 0 spiro atoms. The van der Waals surface area contributed by atoms with Crippen LogP contribution < -0.4 is 15.0 Å². The van der Waals surface area contributed by atoms with Gasteiger partial charge < -0.3 is 19.7 Å². The van der Waals surface area contributed by atoms with E-state index in [9.17, 15) is 4.79 Å². The van der Waals surface area contributed by atoms with E-state index in [1.54, 1.807) is 0 Å². The number of hydrogen-bond acceptors (Lipinski definition) is 5. The quantitative estimate of drug-likeness (QED) is 0.646. The Bertz CT molecular complexity index is 716. The zero-order valence-electron chi connectivity index (χ0n) is 14.7. The fourth-order valence-electron chi connectivity index (χ4n) is 3.00. The van der Waals surface area contributed by atoms with E-state index in [4.69, 9.17) is 9.47 Å². The summed E-state index contributed by atoms with van der Waals surface area (Å²) in [4.78, 5) is 14.3. The average molecular weight is 340 g/mol. The SMILES string of the molecule is CC1(C)CN(CC(=O)OCCOc2ccccc2)c2ccccc2N1. The van der Waals surface area contributed by atoms with E-state index in [0.717, 1.165) is 23.7 Å². The molecular weight excluding hydrogens is 316 g/mol. The highest BCUT2D eigenvalue weighted by atomic mass is 16.6. The van der Waals surface area contributed by atoms with Crippen LogP contribution in [0.25, 0.3) is 0 Å².